The minimum atomic E-state index is -0.475. The van der Waals surface area contributed by atoms with Gasteiger partial charge in [-0.15, -0.1) is 0 Å². The van der Waals surface area contributed by atoms with Crippen LogP contribution in [0, 0.1) is 0 Å². The molecule has 2 rings (SSSR count). The van der Waals surface area contributed by atoms with E-state index >= 15 is 0 Å². The minimum absolute atomic E-state index is 0.0451. The molecule has 17 heavy (non-hydrogen) atoms. The number of nitrogens with zero attached hydrogens (tertiary/aromatic N) is 1. The largest absolute Gasteiger partial charge is 0.346 e. The van der Waals surface area contributed by atoms with Crippen LogP contribution in [-0.4, -0.2) is 15.7 Å². The van der Waals surface area contributed by atoms with Gasteiger partial charge in [-0.2, -0.15) is 0 Å². The Hall–Kier alpha value is -1.88. The normalized spacial score (nSPS) is 23.5. The molecule has 1 aromatic heterocycles. The van der Waals surface area contributed by atoms with Gasteiger partial charge in [0.05, 0.1) is 6.10 Å². The Balaban J connectivity index is 2.37. The van der Waals surface area contributed by atoms with Crippen LogP contribution in [0.15, 0.2) is 46.2 Å². The lowest BCUT2D eigenvalue weighted by Crippen LogP contribution is -2.31. The van der Waals surface area contributed by atoms with E-state index in [1.807, 2.05) is 13.0 Å². The van der Waals surface area contributed by atoms with E-state index in [1.165, 1.54) is 16.8 Å². The first-order valence-electron chi connectivity index (χ1n) is 5.46. The van der Waals surface area contributed by atoms with E-state index in [2.05, 4.69) is 11.6 Å². The lowest BCUT2D eigenvalue weighted by atomic mass is 10.1. The van der Waals surface area contributed by atoms with Crippen molar-refractivity contribution < 1.29 is 4.74 Å². The first kappa shape index (κ1) is 11.6. The summed E-state index contributed by atoms with van der Waals surface area (Å²) in [4.78, 5) is 24.7. The molecule has 0 unspecified atom stereocenters. The summed E-state index contributed by atoms with van der Waals surface area (Å²) in [7, 11) is 0. The zero-order chi connectivity index (χ0) is 12.4. The third kappa shape index (κ3) is 2.14. The smallest absolute Gasteiger partial charge is 0.330 e. The van der Waals surface area contributed by atoms with Crippen LogP contribution in [0.3, 0.4) is 0 Å². The van der Waals surface area contributed by atoms with Gasteiger partial charge >= 0.3 is 5.69 Å². The van der Waals surface area contributed by atoms with E-state index in [9.17, 15) is 9.59 Å². The summed E-state index contributed by atoms with van der Waals surface area (Å²) in [5, 5.41) is 0. The molecule has 2 heterocycles. The van der Waals surface area contributed by atoms with Crippen LogP contribution in [0.5, 0.6) is 0 Å². The highest BCUT2D eigenvalue weighted by molar-refractivity contribution is 5.25. The zero-order valence-corrected chi connectivity index (χ0v) is 9.55. The minimum Gasteiger partial charge on any atom is -0.346 e. The predicted molar refractivity (Wildman–Crippen MR) is 63.8 cm³/mol. The van der Waals surface area contributed by atoms with Gasteiger partial charge in [-0.3, -0.25) is 14.3 Å². The summed E-state index contributed by atoms with van der Waals surface area (Å²) in [5.74, 6) is 0. The SMILES string of the molecule is C=CC1=C[C@H](n2ccc(=O)[nH]c2=O)O[C@@H]1CC. The van der Waals surface area contributed by atoms with Crippen LogP contribution in [0.25, 0.3) is 0 Å². The van der Waals surface area contributed by atoms with Crippen molar-refractivity contribution in [3.05, 3.63) is 57.4 Å². The Morgan fingerprint density at radius 2 is 2.35 bits per heavy atom. The summed E-state index contributed by atoms with van der Waals surface area (Å²) in [5.41, 5.74) is 0.0822. The second-order valence-electron chi connectivity index (χ2n) is 3.81. The van der Waals surface area contributed by atoms with E-state index in [4.69, 9.17) is 4.74 Å². The van der Waals surface area contributed by atoms with Crippen molar-refractivity contribution in [2.75, 3.05) is 0 Å². The first-order valence-corrected chi connectivity index (χ1v) is 5.46. The fourth-order valence-electron chi connectivity index (χ4n) is 1.86. The Kier molecular flexibility index (Phi) is 3.10. The fourth-order valence-corrected chi connectivity index (χ4v) is 1.86. The van der Waals surface area contributed by atoms with Crippen molar-refractivity contribution in [2.24, 2.45) is 0 Å². The summed E-state index contributed by atoms with van der Waals surface area (Å²) in [6.07, 6.45) is 5.29. The Morgan fingerprint density at radius 3 is 2.88 bits per heavy atom. The molecule has 0 spiro atoms. The molecular formula is C12H14N2O3. The topological polar surface area (TPSA) is 64.1 Å². The monoisotopic (exact) mass is 234 g/mol. The van der Waals surface area contributed by atoms with Gasteiger partial charge in [0.2, 0.25) is 0 Å². The zero-order valence-electron chi connectivity index (χ0n) is 9.55. The maximum Gasteiger partial charge on any atom is 0.330 e. The molecule has 90 valence electrons. The van der Waals surface area contributed by atoms with Gasteiger partial charge in [-0.1, -0.05) is 19.6 Å². The number of rotatable bonds is 3. The van der Waals surface area contributed by atoms with Crippen molar-refractivity contribution in [2.45, 2.75) is 25.7 Å². The van der Waals surface area contributed by atoms with Gasteiger partial charge in [-0.05, 0) is 18.1 Å². The third-order valence-corrected chi connectivity index (χ3v) is 2.74. The van der Waals surface area contributed by atoms with Crippen LogP contribution in [0.4, 0.5) is 0 Å². The van der Waals surface area contributed by atoms with E-state index in [1.54, 1.807) is 6.08 Å². The van der Waals surface area contributed by atoms with Crippen LogP contribution >= 0.6 is 0 Å². The maximum absolute atomic E-state index is 11.6. The van der Waals surface area contributed by atoms with Gasteiger partial charge in [-0.25, -0.2) is 4.79 Å². The lowest BCUT2D eigenvalue weighted by molar-refractivity contribution is 0.0117. The number of aromatic nitrogens is 2. The molecule has 0 saturated carbocycles. The number of ether oxygens (including phenoxy) is 1. The van der Waals surface area contributed by atoms with Crippen molar-refractivity contribution in [1.29, 1.82) is 0 Å². The molecule has 2 atom stereocenters. The molecular weight excluding hydrogens is 220 g/mol. The third-order valence-electron chi connectivity index (χ3n) is 2.74. The van der Waals surface area contributed by atoms with E-state index in [0.29, 0.717) is 0 Å². The first-order chi connectivity index (χ1) is 8.15. The molecule has 1 aliphatic rings. The number of hydrogen-bond donors (Lipinski definition) is 1. The molecule has 5 heteroatoms. The predicted octanol–water partition coefficient (Wildman–Crippen LogP) is 0.956. The average molecular weight is 234 g/mol. The number of hydrogen-bond acceptors (Lipinski definition) is 3. The Morgan fingerprint density at radius 1 is 1.59 bits per heavy atom. The van der Waals surface area contributed by atoms with Gasteiger partial charge in [0.15, 0.2) is 6.23 Å². The molecule has 0 fully saturated rings. The van der Waals surface area contributed by atoms with Gasteiger partial charge in [0, 0.05) is 12.3 Å². The standard InChI is InChI=1S/C12H14N2O3/c1-3-8-7-11(17-9(8)4-2)14-6-5-10(15)13-12(14)16/h3,5-7,9,11H,1,4H2,2H3,(H,13,15,16)/t9-,11-/m1/s1. The molecule has 0 saturated heterocycles. The van der Waals surface area contributed by atoms with E-state index < -0.39 is 17.5 Å². The van der Waals surface area contributed by atoms with Crippen molar-refractivity contribution in [3.8, 4) is 0 Å². The molecule has 5 nitrogen and oxygen atoms in total. The van der Waals surface area contributed by atoms with Crippen LogP contribution < -0.4 is 11.2 Å². The molecule has 1 aromatic rings. The van der Waals surface area contributed by atoms with Crippen molar-refractivity contribution >= 4 is 0 Å². The fraction of sp³-hybridized carbons (Fsp3) is 0.333. The van der Waals surface area contributed by atoms with Gasteiger partial charge in [0.1, 0.15) is 0 Å². The second-order valence-corrected chi connectivity index (χ2v) is 3.81. The molecule has 1 N–H and O–H groups in total. The van der Waals surface area contributed by atoms with Crippen LogP contribution in [0.2, 0.25) is 0 Å². The molecule has 0 aromatic carbocycles. The summed E-state index contributed by atoms with van der Waals surface area (Å²) in [6, 6.07) is 1.30. The second kappa shape index (κ2) is 4.55. The summed E-state index contributed by atoms with van der Waals surface area (Å²) >= 11 is 0. The highest BCUT2D eigenvalue weighted by Crippen LogP contribution is 2.28. The summed E-state index contributed by atoms with van der Waals surface area (Å²) < 4.78 is 7.05. The Bertz CT molecular complexity index is 568. The molecule has 1 aliphatic heterocycles. The van der Waals surface area contributed by atoms with Gasteiger partial charge < -0.3 is 4.74 Å². The van der Waals surface area contributed by atoms with Crippen molar-refractivity contribution in [3.63, 3.8) is 0 Å². The van der Waals surface area contributed by atoms with Crippen LogP contribution in [-0.2, 0) is 4.74 Å². The lowest BCUT2D eigenvalue weighted by Gasteiger charge is -2.15. The Labute approximate surface area is 98.1 Å². The molecule has 0 bridgehead atoms. The molecule has 0 amide bonds. The molecule has 0 radical (unpaired) electrons. The van der Waals surface area contributed by atoms with Crippen LogP contribution in [0.1, 0.15) is 19.6 Å². The number of H-pyrrole nitrogens is 1. The average Bonchev–Trinajstić information content (AvgIpc) is 2.72. The summed E-state index contributed by atoms with van der Waals surface area (Å²) in [6.45, 7) is 5.71. The van der Waals surface area contributed by atoms with Crippen molar-refractivity contribution in [1.82, 2.24) is 9.55 Å². The number of aromatic amines is 1. The molecule has 0 aliphatic carbocycles. The highest BCUT2D eigenvalue weighted by Gasteiger charge is 2.25. The number of nitrogens with one attached hydrogen (secondary N) is 1. The maximum atomic E-state index is 11.6. The van der Waals surface area contributed by atoms with Gasteiger partial charge in [0.25, 0.3) is 5.56 Å². The highest BCUT2D eigenvalue weighted by atomic mass is 16.5. The van der Waals surface area contributed by atoms with E-state index in [0.717, 1.165) is 12.0 Å². The van der Waals surface area contributed by atoms with E-state index in [-0.39, 0.29) is 6.10 Å². The quantitative estimate of drug-likeness (QED) is 0.847.